The van der Waals surface area contributed by atoms with E-state index in [9.17, 15) is 21.6 Å². The Kier molecular flexibility index (Phi) is 6.07. The second kappa shape index (κ2) is 6.90. The monoisotopic (exact) mass is 303 g/mol. The van der Waals surface area contributed by atoms with Crippen LogP contribution in [-0.2, 0) is 9.84 Å². The highest BCUT2D eigenvalue weighted by atomic mass is 32.2. The number of sulfone groups is 1. The Morgan fingerprint density at radius 3 is 2.53 bits per heavy atom. The molecule has 0 aromatic heterocycles. The van der Waals surface area contributed by atoms with Gasteiger partial charge in [-0.25, -0.2) is 8.42 Å². The summed E-state index contributed by atoms with van der Waals surface area (Å²) in [5, 5.41) is 8.70. The summed E-state index contributed by atoms with van der Waals surface area (Å²) in [6.45, 7) is -0.966. The van der Waals surface area contributed by atoms with Crippen molar-refractivity contribution >= 4 is 9.84 Å². The van der Waals surface area contributed by atoms with Gasteiger partial charge < -0.3 is 5.11 Å². The Balaban J connectivity index is 2.55. The van der Waals surface area contributed by atoms with Crippen LogP contribution in [0.4, 0.5) is 13.2 Å². The summed E-state index contributed by atoms with van der Waals surface area (Å²) in [4.78, 5) is 1.20. The van der Waals surface area contributed by atoms with Gasteiger partial charge in [0.15, 0.2) is 9.84 Å². The van der Waals surface area contributed by atoms with Crippen LogP contribution >= 0.6 is 0 Å². The fourth-order valence-electron chi connectivity index (χ4n) is 2.41. The van der Waals surface area contributed by atoms with Crippen LogP contribution in [-0.4, -0.2) is 62.3 Å². The zero-order valence-electron chi connectivity index (χ0n) is 10.7. The molecule has 19 heavy (non-hydrogen) atoms. The first-order valence-corrected chi connectivity index (χ1v) is 8.14. The average molecular weight is 303 g/mol. The maximum absolute atomic E-state index is 12.4. The average Bonchev–Trinajstić information content (AvgIpc) is 2.22. The van der Waals surface area contributed by atoms with Crippen LogP contribution < -0.4 is 0 Å². The van der Waals surface area contributed by atoms with E-state index in [0.717, 1.165) is 0 Å². The molecule has 8 heteroatoms. The van der Waals surface area contributed by atoms with Crippen LogP contribution in [0, 0.1) is 5.92 Å². The van der Waals surface area contributed by atoms with Crippen LogP contribution in [0.25, 0.3) is 0 Å². The Hall–Kier alpha value is -0.340. The predicted molar refractivity (Wildman–Crippen MR) is 65.6 cm³/mol. The summed E-state index contributed by atoms with van der Waals surface area (Å²) in [5.74, 6) is -0.125. The molecule has 4 nitrogen and oxygen atoms in total. The van der Waals surface area contributed by atoms with Crippen molar-refractivity contribution in [2.24, 2.45) is 5.92 Å². The standard InChI is InChI=1S/C11H20F3NO3S/c12-11(13,14)9-15(4-2-5-16)7-10-3-1-6-19(17,18)8-10/h10,16H,1-9H2/t10-/m1/s1. The number of aliphatic hydroxyl groups excluding tert-OH is 1. The van der Waals surface area contributed by atoms with Gasteiger partial charge in [0.2, 0.25) is 0 Å². The van der Waals surface area contributed by atoms with Gasteiger partial charge in [0.05, 0.1) is 18.1 Å². The molecule has 1 saturated heterocycles. The van der Waals surface area contributed by atoms with Gasteiger partial charge in [0.25, 0.3) is 0 Å². The molecule has 0 aromatic rings. The largest absolute Gasteiger partial charge is 0.401 e. The van der Waals surface area contributed by atoms with E-state index in [4.69, 9.17) is 5.11 Å². The van der Waals surface area contributed by atoms with E-state index >= 15 is 0 Å². The Bertz CT molecular complexity index is 370. The lowest BCUT2D eigenvalue weighted by Gasteiger charge is -2.30. The first-order valence-electron chi connectivity index (χ1n) is 6.32. The number of aliphatic hydroxyl groups is 1. The van der Waals surface area contributed by atoms with E-state index < -0.39 is 22.6 Å². The fraction of sp³-hybridized carbons (Fsp3) is 1.00. The van der Waals surface area contributed by atoms with Crippen LogP contribution in [0.2, 0.25) is 0 Å². The van der Waals surface area contributed by atoms with Crippen molar-refractivity contribution in [3.8, 4) is 0 Å². The van der Waals surface area contributed by atoms with Crippen molar-refractivity contribution in [3.05, 3.63) is 0 Å². The number of rotatable bonds is 6. The second-order valence-electron chi connectivity index (χ2n) is 5.05. The molecule has 1 fully saturated rings. The zero-order chi connectivity index (χ0) is 14.5. The number of hydrogen-bond acceptors (Lipinski definition) is 4. The van der Waals surface area contributed by atoms with Gasteiger partial charge in [-0.15, -0.1) is 0 Å². The summed E-state index contributed by atoms with van der Waals surface area (Å²) in [7, 11) is -3.10. The quantitative estimate of drug-likeness (QED) is 0.797. The normalized spacial score (nSPS) is 23.7. The van der Waals surface area contributed by atoms with Crippen LogP contribution in [0.1, 0.15) is 19.3 Å². The lowest BCUT2D eigenvalue weighted by atomic mass is 10.0. The highest BCUT2D eigenvalue weighted by Crippen LogP contribution is 2.22. The maximum atomic E-state index is 12.4. The molecule has 0 spiro atoms. The molecule has 1 aliphatic heterocycles. The van der Waals surface area contributed by atoms with Crippen molar-refractivity contribution in [2.45, 2.75) is 25.4 Å². The molecule has 0 unspecified atom stereocenters. The molecule has 0 amide bonds. The molecular formula is C11H20F3NO3S. The number of hydrogen-bond donors (Lipinski definition) is 1. The van der Waals surface area contributed by atoms with E-state index in [1.165, 1.54) is 4.90 Å². The molecule has 0 radical (unpaired) electrons. The van der Waals surface area contributed by atoms with Gasteiger partial charge >= 0.3 is 6.18 Å². The molecule has 0 bridgehead atoms. The smallest absolute Gasteiger partial charge is 0.396 e. The third kappa shape index (κ3) is 7.12. The third-order valence-electron chi connectivity index (χ3n) is 3.11. The van der Waals surface area contributed by atoms with E-state index in [1.807, 2.05) is 0 Å². The SMILES string of the molecule is O=S1(=O)CCC[C@H](CN(CCCO)CC(F)(F)F)C1. The minimum Gasteiger partial charge on any atom is -0.396 e. The number of halogens is 3. The number of alkyl halides is 3. The lowest BCUT2D eigenvalue weighted by Crippen LogP contribution is -2.41. The minimum atomic E-state index is -4.30. The Morgan fingerprint density at radius 2 is 2.00 bits per heavy atom. The highest BCUT2D eigenvalue weighted by molar-refractivity contribution is 7.91. The molecule has 114 valence electrons. The van der Waals surface area contributed by atoms with Gasteiger partial charge in [-0.2, -0.15) is 13.2 Å². The third-order valence-corrected chi connectivity index (χ3v) is 5.00. The lowest BCUT2D eigenvalue weighted by molar-refractivity contribution is -0.147. The van der Waals surface area contributed by atoms with Crippen LogP contribution in [0.3, 0.4) is 0 Å². The van der Waals surface area contributed by atoms with Crippen molar-refractivity contribution in [3.63, 3.8) is 0 Å². The van der Waals surface area contributed by atoms with Gasteiger partial charge in [-0.1, -0.05) is 0 Å². The molecule has 0 aromatic carbocycles. The molecule has 0 aliphatic carbocycles. The zero-order valence-corrected chi connectivity index (χ0v) is 11.5. The predicted octanol–water partition coefficient (Wildman–Crippen LogP) is 1.06. The summed E-state index contributed by atoms with van der Waals surface area (Å²) in [6.07, 6.45) is -2.88. The first kappa shape index (κ1) is 16.7. The second-order valence-corrected chi connectivity index (χ2v) is 7.28. The Labute approximate surface area is 111 Å². The summed E-state index contributed by atoms with van der Waals surface area (Å²) in [5.41, 5.74) is 0. The molecular weight excluding hydrogens is 283 g/mol. The Morgan fingerprint density at radius 1 is 1.32 bits per heavy atom. The molecule has 1 rings (SSSR count). The van der Waals surface area contributed by atoms with Crippen molar-refractivity contribution in [1.82, 2.24) is 4.90 Å². The van der Waals surface area contributed by atoms with E-state index in [1.54, 1.807) is 0 Å². The summed E-state index contributed by atoms with van der Waals surface area (Å²) >= 11 is 0. The fourth-order valence-corrected chi connectivity index (χ4v) is 4.17. The molecule has 1 aliphatic rings. The van der Waals surface area contributed by atoms with Crippen LogP contribution in [0.15, 0.2) is 0 Å². The van der Waals surface area contributed by atoms with Crippen molar-refractivity contribution in [2.75, 3.05) is 37.7 Å². The van der Waals surface area contributed by atoms with Crippen molar-refractivity contribution < 1.29 is 26.7 Å². The van der Waals surface area contributed by atoms with Gasteiger partial charge in [0, 0.05) is 19.7 Å². The van der Waals surface area contributed by atoms with E-state index in [2.05, 4.69) is 0 Å². The van der Waals surface area contributed by atoms with Crippen molar-refractivity contribution in [1.29, 1.82) is 0 Å². The summed E-state index contributed by atoms with van der Waals surface area (Å²) in [6, 6.07) is 0. The molecule has 1 atom stereocenters. The number of nitrogens with zero attached hydrogens (tertiary/aromatic N) is 1. The van der Waals surface area contributed by atoms with E-state index in [0.29, 0.717) is 12.8 Å². The van der Waals surface area contributed by atoms with Gasteiger partial charge in [0.1, 0.15) is 0 Å². The summed E-state index contributed by atoms with van der Waals surface area (Å²) < 4.78 is 60.2. The maximum Gasteiger partial charge on any atom is 0.401 e. The van der Waals surface area contributed by atoms with E-state index in [-0.39, 0.29) is 43.5 Å². The van der Waals surface area contributed by atoms with Gasteiger partial charge in [-0.3, -0.25) is 4.90 Å². The highest BCUT2D eigenvalue weighted by Gasteiger charge is 2.33. The molecule has 1 N–H and O–H groups in total. The topological polar surface area (TPSA) is 57.6 Å². The first-order chi connectivity index (χ1) is 8.72. The minimum absolute atomic E-state index is 0.0273. The van der Waals surface area contributed by atoms with Gasteiger partial charge in [-0.05, 0) is 25.2 Å². The molecule has 1 heterocycles. The van der Waals surface area contributed by atoms with Crippen LogP contribution in [0.5, 0.6) is 0 Å². The molecule has 0 saturated carbocycles.